The van der Waals surface area contributed by atoms with Crippen LogP contribution in [0.2, 0.25) is 0 Å². The van der Waals surface area contributed by atoms with Gasteiger partial charge in [-0.05, 0) is 87.6 Å². The zero-order valence-corrected chi connectivity index (χ0v) is 20.0. The van der Waals surface area contributed by atoms with Crippen molar-refractivity contribution in [3.05, 3.63) is 23.3 Å². The molecule has 5 rings (SSSR count). The fourth-order valence-electron chi connectivity index (χ4n) is 6.30. The lowest BCUT2D eigenvalue weighted by atomic mass is 9.72. The first kappa shape index (κ1) is 21.8. The zero-order chi connectivity index (χ0) is 22.0. The number of aromatic nitrogens is 1. The molecule has 2 heterocycles. The molecule has 0 amide bonds. The molecule has 3 aliphatic rings. The van der Waals surface area contributed by atoms with Crippen molar-refractivity contribution >= 4 is 16.7 Å². The summed E-state index contributed by atoms with van der Waals surface area (Å²) in [5, 5.41) is 4.82. The number of methoxy groups -OCH3 is 1. The van der Waals surface area contributed by atoms with Crippen molar-refractivity contribution in [1.82, 2.24) is 9.88 Å². The number of nitrogens with zero attached hydrogens (tertiary/aromatic N) is 2. The Morgan fingerprint density at radius 2 is 1.78 bits per heavy atom. The molecular weight excluding hydrogens is 398 g/mol. The molecule has 0 radical (unpaired) electrons. The molecular formula is C27H39N3O2. The number of anilines is 1. The predicted molar refractivity (Wildman–Crippen MR) is 131 cm³/mol. The minimum Gasteiger partial charge on any atom is -0.493 e. The van der Waals surface area contributed by atoms with Gasteiger partial charge in [-0.25, -0.2) is 4.98 Å². The second kappa shape index (κ2) is 9.46. The highest BCUT2D eigenvalue weighted by Crippen LogP contribution is 2.51. The topological polar surface area (TPSA) is 46.6 Å². The van der Waals surface area contributed by atoms with E-state index < -0.39 is 0 Å². The Bertz CT molecular complexity index is 946. The van der Waals surface area contributed by atoms with Crippen LogP contribution in [0.1, 0.15) is 69.4 Å². The molecule has 0 atom stereocenters. The maximum Gasteiger partial charge on any atom is 0.163 e. The number of rotatable bonds is 8. The molecule has 174 valence electrons. The van der Waals surface area contributed by atoms with Gasteiger partial charge in [0.25, 0.3) is 0 Å². The van der Waals surface area contributed by atoms with E-state index in [4.69, 9.17) is 14.5 Å². The summed E-state index contributed by atoms with van der Waals surface area (Å²) in [6.07, 6.45) is 12.9. The van der Waals surface area contributed by atoms with Gasteiger partial charge in [0.2, 0.25) is 0 Å². The van der Waals surface area contributed by atoms with Gasteiger partial charge in [0.1, 0.15) is 5.82 Å². The number of nitrogens with one attached hydrogen (secondary N) is 1. The average Bonchev–Trinajstić information content (AvgIpc) is 3.45. The standard InChI is InChI=1S/C27H39N3O2/c1-3-28-26-22-19-27(10-5-4-6-11-27)18-21(22)20-16-24(31-2)25(17-23(20)29-26)32-15-9-14-30-12-7-8-13-30/h16-17H,3-15,18-19H2,1-2H3,(H,28,29). The number of fused-ring (bicyclic) bond motifs is 3. The van der Waals surface area contributed by atoms with Crippen molar-refractivity contribution in [1.29, 1.82) is 0 Å². The van der Waals surface area contributed by atoms with E-state index in [0.29, 0.717) is 12.0 Å². The highest BCUT2D eigenvalue weighted by molar-refractivity contribution is 5.89. The quantitative estimate of drug-likeness (QED) is 0.546. The van der Waals surface area contributed by atoms with E-state index in [0.717, 1.165) is 42.3 Å². The van der Waals surface area contributed by atoms with Crippen molar-refractivity contribution in [2.24, 2.45) is 5.41 Å². The maximum absolute atomic E-state index is 6.21. The Labute approximate surface area is 192 Å². The van der Waals surface area contributed by atoms with E-state index in [2.05, 4.69) is 29.3 Å². The van der Waals surface area contributed by atoms with E-state index in [9.17, 15) is 0 Å². The molecule has 1 saturated carbocycles. The SMILES string of the molecule is CCNc1nc2cc(OCCCN3CCCC3)c(OC)cc2c2c1CC1(CCCCC1)C2. The lowest BCUT2D eigenvalue weighted by molar-refractivity contribution is 0.203. The first-order valence-corrected chi connectivity index (χ1v) is 12.8. The third-order valence-corrected chi connectivity index (χ3v) is 7.93. The van der Waals surface area contributed by atoms with E-state index in [1.54, 1.807) is 7.11 Å². The van der Waals surface area contributed by atoms with E-state index >= 15 is 0 Å². The molecule has 32 heavy (non-hydrogen) atoms. The van der Waals surface area contributed by atoms with Crippen molar-refractivity contribution in [2.45, 2.75) is 71.1 Å². The Balaban J connectivity index is 1.42. The summed E-state index contributed by atoms with van der Waals surface area (Å²) in [4.78, 5) is 7.62. The fraction of sp³-hybridized carbons (Fsp3) is 0.667. The molecule has 1 aromatic carbocycles. The zero-order valence-electron chi connectivity index (χ0n) is 20.0. The second-order valence-corrected chi connectivity index (χ2v) is 10.1. The van der Waals surface area contributed by atoms with Gasteiger partial charge >= 0.3 is 0 Å². The Kier molecular flexibility index (Phi) is 6.45. The lowest BCUT2D eigenvalue weighted by Gasteiger charge is -2.33. The highest BCUT2D eigenvalue weighted by Gasteiger charge is 2.40. The van der Waals surface area contributed by atoms with Gasteiger partial charge in [0, 0.05) is 24.5 Å². The molecule has 0 bridgehead atoms. The summed E-state index contributed by atoms with van der Waals surface area (Å²) in [6, 6.07) is 4.30. The third-order valence-electron chi connectivity index (χ3n) is 7.93. The van der Waals surface area contributed by atoms with Gasteiger partial charge in [-0.2, -0.15) is 0 Å². The molecule has 1 spiro atoms. The summed E-state index contributed by atoms with van der Waals surface area (Å²) in [5.74, 6) is 2.74. The number of benzene rings is 1. The molecule has 1 N–H and O–H groups in total. The summed E-state index contributed by atoms with van der Waals surface area (Å²) in [5.41, 5.74) is 4.41. The molecule has 5 nitrogen and oxygen atoms in total. The summed E-state index contributed by atoms with van der Waals surface area (Å²) in [7, 11) is 1.75. The molecule has 1 aliphatic heterocycles. The number of hydrogen-bond acceptors (Lipinski definition) is 5. The van der Waals surface area contributed by atoms with Crippen LogP contribution in [-0.2, 0) is 12.8 Å². The van der Waals surface area contributed by atoms with Crippen LogP contribution in [-0.4, -0.2) is 49.8 Å². The van der Waals surface area contributed by atoms with Gasteiger partial charge in [-0.3, -0.25) is 0 Å². The van der Waals surface area contributed by atoms with Crippen molar-refractivity contribution < 1.29 is 9.47 Å². The van der Waals surface area contributed by atoms with Crippen LogP contribution in [0.5, 0.6) is 11.5 Å². The van der Waals surface area contributed by atoms with Crippen LogP contribution in [0, 0.1) is 5.41 Å². The van der Waals surface area contributed by atoms with Crippen LogP contribution in [0.3, 0.4) is 0 Å². The van der Waals surface area contributed by atoms with Crippen LogP contribution in [0.15, 0.2) is 12.1 Å². The van der Waals surface area contributed by atoms with E-state index in [-0.39, 0.29) is 0 Å². The molecule has 2 aromatic rings. The molecule has 2 fully saturated rings. The molecule has 1 aromatic heterocycles. The fourth-order valence-corrected chi connectivity index (χ4v) is 6.30. The minimum atomic E-state index is 0.443. The van der Waals surface area contributed by atoms with Crippen molar-refractivity contribution in [2.75, 3.05) is 45.2 Å². The number of ether oxygens (including phenoxy) is 2. The highest BCUT2D eigenvalue weighted by atomic mass is 16.5. The maximum atomic E-state index is 6.21. The van der Waals surface area contributed by atoms with Gasteiger partial charge in [0.15, 0.2) is 11.5 Å². The average molecular weight is 438 g/mol. The van der Waals surface area contributed by atoms with Crippen LogP contribution < -0.4 is 14.8 Å². The Hall–Kier alpha value is -2.01. The lowest BCUT2D eigenvalue weighted by Crippen LogP contribution is -2.24. The Morgan fingerprint density at radius 3 is 2.53 bits per heavy atom. The second-order valence-electron chi connectivity index (χ2n) is 10.1. The predicted octanol–water partition coefficient (Wildman–Crippen LogP) is 5.59. The van der Waals surface area contributed by atoms with Gasteiger partial charge in [-0.15, -0.1) is 0 Å². The molecule has 5 heteroatoms. The van der Waals surface area contributed by atoms with Crippen molar-refractivity contribution in [3.8, 4) is 11.5 Å². The smallest absolute Gasteiger partial charge is 0.163 e. The molecule has 2 aliphatic carbocycles. The van der Waals surface area contributed by atoms with Crippen molar-refractivity contribution in [3.63, 3.8) is 0 Å². The molecule has 1 saturated heterocycles. The summed E-state index contributed by atoms with van der Waals surface area (Å²) >= 11 is 0. The van der Waals surface area contributed by atoms with E-state index in [1.165, 1.54) is 87.4 Å². The van der Waals surface area contributed by atoms with E-state index in [1.807, 2.05) is 0 Å². The third kappa shape index (κ3) is 4.28. The normalized spacial score (nSPS) is 20.1. The van der Waals surface area contributed by atoms with Gasteiger partial charge in [0.05, 0.1) is 19.2 Å². The van der Waals surface area contributed by atoms with Crippen LogP contribution >= 0.6 is 0 Å². The van der Waals surface area contributed by atoms with Gasteiger partial charge in [-0.1, -0.05) is 19.3 Å². The van der Waals surface area contributed by atoms with Gasteiger partial charge < -0.3 is 19.7 Å². The first-order chi connectivity index (χ1) is 15.7. The largest absolute Gasteiger partial charge is 0.493 e. The van der Waals surface area contributed by atoms with Crippen LogP contribution in [0.4, 0.5) is 5.82 Å². The number of hydrogen-bond donors (Lipinski definition) is 1. The Morgan fingerprint density at radius 1 is 1.00 bits per heavy atom. The van der Waals surface area contributed by atoms with Crippen LogP contribution in [0.25, 0.3) is 10.9 Å². The summed E-state index contributed by atoms with van der Waals surface area (Å²) < 4.78 is 12.0. The molecule has 0 unspecified atom stereocenters. The monoisotopic (exact) mass is 437 g/mol. The number of pyridine rings is 1. The first-order valence-electron chi connectivity index (χ1n) is 12.8. The minimum absolute atomic E-state index is 0.443. The number of likely N-dealkylation sites (tertiary alicyclic amines) is 1. The summed E-state index contributed by atoms with van der Waals surface area (Å²) in [6.45, 7) is 7.37.